The van der Waals surface area contributed by atoms with Gasteiger partial charge in [0.05, 0.1) is 5.56 Å². The lowest BCUT2D eigenvalue weighted by molar-refractivity contribution is 0.0698. The molecule has 1 aromatic rings. The lowest BCUT2D eigenvalue weighted by atomic mass is 10.1. The molecule has 1 aliphatic rings. The first-order valence-electron chi connectivity index (χ1n) is 5.80. The molecule has 1 fully saturated rings. The van der Waals surface area contributed by atoms with Crippen molar-refractivity contribution in [2.45, 2.75) is 31.7 Å². The van der Waals surface area contributed by atoms with Gasteiger partial charge in [-0.2, -0.15) is 0 Å². The highest BCUT2D eigenvalue weighted by atomic mass is 16.4. The molecule has 0 bridgehead atoms. The molecule has 2 N–H and O–H groups in total. The molecule has 0 heterocycles. The Bertz CT molecular complexity index is 436. The zero-order chi connectivity index (χ0) is 12.3. The first kappa shape index (κ1) is 11.6. The second-order valence-corrected chi connectivity index (χ2v) is 4.35. The second-order valence-electron chi connectivity index (χ2n) is 4.35. The van der Waals surface area contributed by atoms with Gasteiger partial charge in [0, 0.05) is 17.3 Å². The van der Waals surface area contributed by atoms with E-state index >= 15 is 0 Å². The Labute approximate surface area is 99.6 Å². The number of carboxylic acids is 1. The highest BCUT2D eigenvalue weighted by molar-refractivity contribution is 5.96. The molecule has 0 aromatic heterocycles. The number of aromatic carboxylic acids is 1. The maximum absolute atomic E-state index is 11.1. The molecule has 17 heavy (non-hydrogen) atoms. The Kier molecular flexibility index (Phi) is 3.42. The molecule has 0 unspecified atom stereocenters. The molecular weight excluding hydrogens is 218 g/mol. The number of hydrogen-bond acceptors (Lipinski definition) is 3. The third-order valence-electron chi connectivity index (χ3n) is 3.12. The van der Waals surface area contributed by atoms with E-state index in [-0.39, 0.29) is 5.56 Å². The van der Waals surface area contributed by atoms with Crippen molar-refractivity contribution in [2.75, 3.05) is 5.32 Å². The lowest BCUT2D eigenvalue weighted by Crippen LogP contribution is -2.17. The van der Waals surface area contributed by atoms with Gasteiger partial charge in [0.1, 0.15) is 6.29 Å². The highest BCUT2D eigenvalue weighted by Crippen LogP contribution is 2.25. The molecule has 0 radical (unpaired) electrons. The Morgan fingerprint density at radius 1 is 1.35 bits per heavy atom. The number of carbonyl (C=O) groups is 2. The van der Waals surface area contributed by atoms with Crippen molar-refractivity contribution in [3.05, 3.63) is 29.3 Å². The van der Waals surface area contributed by atoms with Crippen LogP contribution in [0.1, 0.15) is 46.4 Å². The predicted octanol–water partition coefficient (Wildman–Crippen LogP) is 2.55. The van der Waals surface area contributed by atoms with Crippen LogP contribution in [0.25, 0.3) is 0 Å². The molecule has 90 valence electrons. The molecule has 0 saturated heterocycles. The molecule has 0 atom stereocenters. The van der Waals surface area contributed by atoms with Crippen molar-refractivity contribution in [1.29, 1.82) is 0 Å². The number of nitrogens with one attached hydrogen (secondary N) is 1. The van der Waals surface area contributed by atoms with Gasteiger partial charge in [-0.1, -0.05) is 12.8 Å². The van der Waals surface area contributed by atoms with Gasteiger partial charge in [0.25, 0.3) is 0 Å². The Hall–Kier alpha value is -1.84. The van der Waals surface area contributed by atoms with Crippen molar-refractivity contribution >= 4 is 17.9 Å². The first-order chi connectivity index (χ1) is 8.20. The quantitative estimate of drug-likeness (QED) is 0.784. The second kappa shape index (κ2) is 4.99. The zero-order valence-corrected chi connectivity index (χ0v) is 9.48. The number of rotatable bonds is 4. The van der Waals surface area contributed by atoms with Crippen LogP contribution in [0.2, 0.25) is 0 Å². The van der Waals surface area contributed by atoms with Gasteiger partial charge in [-0.25, -0.2) is 4.79 Å². The Morgan fingerprint density at radius 3 is 2.65 bits per heavy atom. The van der Waals surface area contributed by atoms with Crippen molar-refractivity contribution in [3.8, 4) is 0 Å². The Balaban J connectivity index is 2.25. The van der Waals surface area contributed by atoms with Gasteiger partial charge in [-0.3, -0.25) is 4.79 Å². The average molecular weight is 233 g/mol. The monoisotopic (exact) mass is 233 g/mol. The van der Waals surface area contributed by atoms with Gasteiger partial charge in [0.15, 0.2) is 0 Å². The van der Waals surface area contributed by atoms with E-state index in [0.717, 1.165) is 12.8 Å². The number of anilines is 1. The number of hydrogen-bond donors (Lipinski definition) is 2. The van der Waals surface area contributed by atoms with Crippen molar-refractivity contribution < 1.29 is 14.7 Å². The van der Waals surface area contributed by atoms with Gasteiger partial charge >= 0.3 is 5.97 Å². The van der Waals surface area contributed by atoms with E-state index in [2.05, 4.69) is 5.32 Å². The topological polar surface area (TPSA) is 66.4 Å². The molecule has 1 aliphatic carbocycles. The molecular formula is C13H15NO3. The van der Waals surface area contributed by atoms with E-state index in [1.54, 1.807) is 12.1 Å². The van der Waals surface area contributed by atoms with Crippen LogP contribution >= 0.6 is 0 Å². The summed E-state index contributed by atoms with van der Waals surface area (Å²) in [6.45, 7) is 0. The maximum Gasteiger partial charge on any atom is 0.337 e. The molecule has 2 rings (SSSR count). The van der Waals surface area contributed by atoms with Crippen LogP contribution in [0.15, 0.2) is 18.2 Å². The molecule has 0 aliphatic heterocycles. The molecule has 1 aromatic carbocycles. The molecule has 4 nitrogen and oxygen atoms in total. The van der Waals surface area contributed by atoms with Gasteiger partial charge < -0.3 is 10.4 Å². The van der Waals surface area contributed by atoms with E-state index in [9.17, 15) is 9.59 Å². The minimum atomic E-state index is -1.01. The lowest BCUT2D eigenvalue weighted by Gasteiger charge is -2.15. The number of aldehydes is 1. The third-order valence-corrected chi connectivity index (χ3v) is 3.12. The summed E-state index contributed by atoms with van der Waals surface area (Å²) in [5.74, 6) is -1.01. The van der Waals surface area contributed by atoms with Crippen LogP contribution in [0.4, 0.5) is 5.69 Å². The SMILES string of the molecule is O=Cc1ccc(NC2CCCC2)c(C(=O)O)c1. The fraction of sp³-hybridized carbons (Fsp3) is 0.385. The molecule has 0 spiro atoms. The molecule has 1 saturated carbocycles. The van der Waals surface area contributed by atoms with Gasteiger partial charge in [-0.15, -0.1) is 0 Å². The first-order valence-corrected chi connectivity index (χ1v) is 5.80. The van der Waals surface area contributed by atoms with Crippen LogP contribution < -0.4 is 5.32 Å². The van der Waals surface area contributed by atoms with Crippen LogP contribution in [0.3, 0.4) is 0 Å². The minimum Gasteiger partial charge on any atom is -0.478 e. The van der Waals surface area contributed by atoms with Crippen LogP contribution in [-0.4, -0.2) is 23.4 Å². The number of carboxylic acid groups (broad SMARTS) is 1. The summed E-state index contributed by atoms with van der Waals surface area (Å²) in [5, 5.41) is 12.3. The zero-order valence-electron chi connectivity index (χ0n) is 9.48. The molecule has 4 heteroatoms. The normalized spacial score (nSPS) is 15.8. The summed E-state index contributed by atoms with van der Waals surface area (Å²) >= 11 is 0. The van der Waals surface area contributed by atoms with Gasteiger partial charge in [-0.05, 0) is 31.0 Å². The van der Waals surface area contributed by atoms with E-state index in [4.69, 9.17) is 5.11 Å². The Morgan fingerprint density at radius 2 is 2.06 bits per heavy atom. The smallest absolute Gasteiger partial charge is 0.337 e. The van der Waals surface area contributed by atoms with Crippen LogP contribution in [0, 0.1) is 0 Å². The number of benzene rings is 1. The van der Waals surface area contributed by atoms with Crippen LogP contribution in [0.5, 0.6) is 0 Å². The summed E-state index contributed by atoms with van der Waals surface area (Å²) in [4.78, 5) is 21.7. The van der Waals surface area contributed by atoms with Crippen molar-refractivity contribution in [2.24, 2.45) is 0 Å². The summed E-state index contributed by atoms with van der Waals surface area (Å²) in [6, 6.07) is 5.07. The van der Waals surface area contributed by atoms with Gasteiger partial charge in [0.2, 0.25) is 0 Å². The van der Waals surface area contributed by atoms with E-state index in [1.165, 1.54) is 18.9 Å². The van der Waals surface area contributed by atoms with Crippen molar-refractivity contribution in [3.63, 3.8) is 0 Å². The van der Waals surface area contributed by atoms with Crippen LogP contribution in [-0.2, 0) is 0 Å². The van der Waals surface area contributed by atoms with E-state index in [1.807, 2.05) is 0 Å². The third kappa shape index (κ3) is 2.64. The maximum atomic E-state index is 11.1. The largest absolute Gasteiger partial charge is 0.478 e. The highest BCUT2D eigenvalue weighted by Gasteiger charge is 2.18. The van der Waals surface area contributed by atoms with Crippen molar-refractivity contribution in [1.82, 2.24) is 0 Å². The summed E-state index contributed by atoms with van der Waals surface area (Å²) in [6.07, 6.45) is 5.19. The average Bonchev–Trinajstić information content (AvgIpc) is 2.82. The molecule has 0 amide bonds. The minimum absolute atomic E-state index is 0.168. The summed E-state index contributed by atoms with van der Waals surface area (Å²) < 4.78 is 0. The standard InChI is InChI=1S/C13H15NO3/c15-8-9-5-6-12(11(7-9)13(16)17)14-10-3-1-2-4-10/h5-8,10,14H,1-4H2,(H,16,17). The fourth-order valence-corrected chi connectivity index (χ4v) is 2.23. The predicted molar refractivity (Wildman–Crippen MR) is 64.7 cm³/mol. The van der Waals surface area contributed by atoms with E-state index in [0.29, 0.717) is 23.6 Å². The van der Waals surface area contributed by atoms with E-state index < -0.39 is 5.97 Å². The summed E-state index contributed by atoms with van der Waals surface area (Å²) in [5.41, 5.74) is 1.16. The fourth-order valence-electron chi connectivity index (χ4n) is 2.23. The number of carbonyl (C=O) groups excluding carboxylic acids is 1. The summed E-state index contributed by atoms with van der Waals surface area (Å²) in [7, 11) is 0.